The SMILES string of the molecule is CC(C)c1ccnc(C(C)C)c1Nc1nc(Cl)cc2c1C(=O)N1CCN(C(=O)OC(C)(C)C)C[C@@H]1CO2. The number of aromatic nitrogens is 2. The van der Waals surface area contributed by atoms with Crippen LogP contribution in [0, 0.1) is 0 Å². The maximum Gasteiger partial charge on any atom is 0.410 e. The molecule has 0 aromatic carbocycles. The molecule has 0 radical (unpaired) electrons. The molecule has 0 bridgehead atoms. The van der Waals surface area contributed by atoms with Crippen molar-refractivity contribution in [3.05, 3.63) is 40.3 Å². The van der Waals surface area contributed by atoms with E-state index in [1.54, 1.807) is 15.9 Å². The van der Waals surface area contributed by atoms with E-state index in [-0.39, 0.29) is 35.5 Å². The highest BCUT2D eigenvalue weighted by Gasteiger charge is 2.39. The molecule has 200 valence electrons. The van der Waals surface area contributed by atoms with Gasteiger partial charge in [-0.3, -0.25) is 9.78 Å². The monoisotopic (exact) mass is 529 g/mol. The first kappa shape index (κ1) is 27.0. The summed E-state index contributed by atoms with van der Waals surface area (Å²) < 4.78 is 11.6. The summed E-state index contributed by atoms with van der Waals surface area (Å²) in [5, 5.41) is 3.62. The molecule has 2 aliphatic heterocycles. The number of piperazine rings is 1. The van der Waals surface area contributed by atoms with Crippen molar-refractivity contribution in [2.75, 3.05) is 31.6 Å². The number of carbonyl (C=O) groups excluding carboxylic acids is 2. The Balaban J connectivity index is 1.68. The van der Waals surface area contributed by atoms with Crippen LogP contribution in [0.1, 0.15) is 81.9 Å². The number of rotatable bonds is 4. The molecule has 1 saturated heterocycles. The zero-order valence-electron chi connectivity index (χ0n) is 22.6. The van der Waals surface area contributed by atoms with Crippen LogP contribution in [-0.4, -0.2) is 69.7 Å². The van der Waals surface area contributed by atoms with E-state index in [4.69, 9.17) is 21.1 Å². The summed E-state index contributed by atoms with van der Waals surface area (Å²) in [6.07, 6.45) is 1.41. The van der Waals surface area contributed by atoms with Crippen molar-refractivity contribution in [2.45, 2.75) is 71.9 Å². The average molecular weight is 530 g/mol. The summed E-state index contributed by atoms with van der Waals surface area (Å²) in [5.41, 5.74) is 2.51. The Morgan fingerprint density at radius 2 is 1.95 bits per heavy atom. The quantitative estimate of drug-likeness (QED) is 0.517. The normalized spacial score (nSPS) is 17.8. The Kier molecular flexibility index (Phi) is 7.55. The van der Waals surface area contributed by atoms with E-state index >= 15 is 0 Å². The van der Waals surface area contributed by atoms with Crippen molar-refractivity contribution in [2.24, 2.45) is 0 Å². The van der Waals surface area contributed by atoms with Crippen molar-refractivity contribution in [1.82, 2.24) is 19.8 Å². The smallest absolute Gasteiger partial charge is 0.410 e. The van der Waals surface area contributed by atoms with Gasteiger partial charge in [0.1, 0.15) is 34.5 Å². The van der Waals surface area contributed by atoms with Crippen molar-refractivity contribution in [3.63, 3.8) is 0 Å². The van der Waals surface area contributed by atoms with Gasteiger partial charge in [0.05, 0.1) is 17.4 Å². The van der Waals surface area contributed by atoms with E-state index in [1.807, 2.05) is 33.0 Å². The number of hydrogen-bond donors (Lipinski definition) is 1. The summed E-state index contributed by atoms with van der Waals surface area (Å²) >= 11 is 6.39. The summed E-state index contributed by atoms with van der Waals surface area (Å²) in [6.45, 7) is 15.1. The minimum absolute atomic E-state index is 0.149. The van der Waals surface area contributed by atoms with Gasteiger partial charge in [-0.1, -0.05) is 39.3 Å². The number of nitrogens with zero attached hydrogens (tertiary/aromatic N) is 4. The minimum atomic E-state index is -0.598. The maximum atomic E-state index is 13.9. The summed E-state index contributed by atoms with van der Waals surface area (Å²) in [4.78, 5) is 39.1. The Morgan fingerprint density at radius 3 is 2.59 bits per heavy atom. The zero-order valence-corrected chi connectivity index (χ0v) is 23.3. The van der Waals surface area contributed by atoms with Gasteiger partial charge in [0.2, 0.25) is 0 Å². The van der Waals surface area contributed by atoms with Crippen LogP contribution in [-0.2, 0) is 4.74 Å². The van der Waals surface area contributed by atoms with Crippen LogP contribution >= 0.6 is 11.6 Å². The molecular formula is C27H36ClN5O4. The molecule has 2 aromatic heterocycles. The number of fused-ring (bicyclic) bond motifs is 2. The van der Waals surface area contributed by atoms with Crippen molar-refractivity contribution in [3.8, 4) is 5.75 Å². The van der Waals surface area contributed by atoms with Crippen molar-refractivity contribution in [1.29, 1.82) is 0 Å². The molecule has 37 heavy (non-hydrogen) atoms. The lowest BCUT2D eigenvalue weighted by molar-refractivity contribution is 0.000957. The van der Waals surface area contributed by atoms with E-state index in [2.05, 4.69) is 43.0 Å². The zero-order chi connectivity index (χ0) is 27.1. The number of nitrogens with one attached hydrogen (secondary N) is 1. The summed E-state index contributed by atoms with van der Waals surface area (Å²) in [6, 6.07) is 3.22. The Morgan fingerprint density at radius 1 is 1.22 bits per heavy atom. The predicted molar refractivity (Wildman–Crippen MR) is 143 cm³/mol. The number of amides is 2. The molecule has 4 heterocycles. The van der Waals surface area contributed by atoms with Crippen LogP contribution in [0.25, 0.3) is 0 Å². The number of hydrogen-bond acceptors (Lipinski definition) is 7. The van der Waals surface area contributed by atoms with Gasteiger partial charge in [-0.15, -0.1) is 0 Å². The van der Waals surface area contributed by atoms with Gasteiger partial charge in [-0.2, -0.15) is 0 Å². The largest absolute Gasteiger partial charge is 0.490 e. The molecule has 0 spiro atoms. The Hall–Kier alpha value is -3.07. The van der Waals surface area contributed by atoms with Gasteiger partial charge in [0, 0.05) is 31.9 Å². The second kappa shape index (κ2) is 10.4. The summed E-state index contributed by atoms with van der Waals surface area (Å²) in [7, 11) is 0. The maximum absolute atomic E-state index is 13.9. The van der Waals surface area contributed by atoms with Gasteiger partial charge in [0.15, 0.2) is 0 Å². The molecule has 1 N–H and O–H groups in total. The lowest BCUT2D eigenvalue weighted by Crippen LogP contribution is -2.58. The fourth-order valence-electron chi connectivity index (χ4n) is 4.66. The highest BCUT2D eigenvalue weighted by atomic mass is 35.5. The molecule has 2 aliphatic rings. The molecule has 0 aliphatic carbocycles. The van der Waals surface area contributed by atoms with Crippen LogP contribution in [0.3, 0.4) is 0 Å². The number of anilines is 2. The van der Waals surface area contributed by atoms with Crippen molar-refractivity contribution < 1.29 is 19.1 Å². The van der Waals surface area contributed by atoms with Crippen LogP contribution in [0.5, 0.6) is 5.75 Å². The minimum Gasteiger partial charge on any atom is -0.490 e. The second-order valence-corrected chi connectivity index (χ2v) is 11.5. The molecule has 0 saturated carbocycles. The van der Waals surface area contributed by atoms with Gasteiger partial charge < -0.3 is 24.6 Å². The number of ether oxygens (including phenoxy) is 2. The van der Waals surface area contributed by atoms with Crippen LogP contribution in [0.15, 0.2) is 18.3 Å². The highest BCUT2D eigenvalue weighted by molar-refractivity contribution is 6.30. The Bertz CT molecular complexity index is 1170. The number of halogens is 1. The molecule has 1 fully saturated rings. The summed E-state index contributed by atoms with van der Waals surface area (Å²) in [5.74, 6) is 0.856. The molecule has 10 heteroatoms. The van der Waals surface area contributed by atoms with E-state index in [0.717, 1.165) is 16.9 Å². The third-order valence-electron chi connectivity index (χ3n) is 6.42. The molecule has 0 unspecified atom stereocenters. The van der Waals surface area contributed by atoms with E-state index in [9.17, 15) is 9.59 Å². The highest BCUT2D eigenvalue weighted by Crippen LogP contribution is 2.38. The van der Waals surface area contributed by atoms with Gasteiger partial charge >= 0.3 is 6.09 Å². The molecule has 2 amide bonds. The lowest BCUT2D eigenvalue weighted by atomic mass is 9.97. The molecule has 1 atom stereocenters. The van der Waals surface area contributed by atoms with Crippen LogP contribution in [0.4, 0.5) is 16.3 Å². The molecular weight excluding hydrogens is 494 g/mol. The lowest BCUT2D eigenvalue weighted by Gasteiger charge is -2.40. The first-order valence-corrected chi connectivity index (χ1v) is 13.1. The topological polar surface area (TPSA) is 96.9 Å². The first-order valence-electron chi connectivity index (χ1n) is 12.7. The van der Waals surface area contributed by atoms with Gasteiger partial charge in [0.25, 0.3) is 5.91 Å². The van der Waals surface area contributed by atoms with Crippen molar-refractivity contribution >= 4 is 35.1 Å². The molecule has 4 rings (SSSR count). The van der Waals surface area contributed by atoms with Crippen LogP contribution in [0.2, 0.25) is 5.15 Å². The molecule has 2 aromatic rings. The third-order valence-corrected chi connectivity index (χ3v) is 6.61. The third kappa shape index (κ3) is 5.76. The second-order valence-electron chi connectivity index (χ2n) is 11.2. The van der Waals surface area contributed by atoms with Gasteiger partial charge in [-0.25, -0.2) is 9.78 Å². The first-order chi connectivity index (χ1) is 17.4. The number of carbonyl (C=O) groups is 2. The van der Waals surface area contributed by atoms with E-state index in [1.165, 1.54) is 0 Å². The number of pyridine rings is 2. The van der Waals surface area contributed by atoms with Crippen LogP contribution < -0.4 is 10.1 Å². The predicted octanol–water partition coefficient (Wildman–Crippen LogP) is 5.57. The molecule has 9 nitrogen and oxygen atoms in total. The fourth-order valence-corrected chi connectivity index (χ4v) is 4.84. The van der Waals surface area contributed by atoms with E-state index in [0.29, 0.717) is 36.8 Å². The fraction of sp³-hybridized carbons (Fsp3) is 0.556. The Labute approximate surface area is 223 Å². The van der Waals surface area contributed by atoms with E-state index < -0.39 is 11.7 Å². The average Bonchev–Trinajstić information content (AvgIpc) is 2.94. The van der Waals surface area contributed by atoms with Gasteiger partial charge in [-0.05, 0) is 44.2 Å². The standard InChI is InChI=1S/C27H36ClN5O4/c1-15(2)18-8-9-29-22(16(3)4)23(18)31-24-21-19(12-20(28)30-24)36-14-17-13-32(10-11-33(17)25(21)34)26(35)37-27(5,6)7/h8-9,12,15-17H,10-11,13-14H2,1-7H3,(H,30,31)/t17-/m1/s1.